The van der Waals surface area contributed by atoms with Gasteiger partial charge in [0.15, 0.2) is 5.16 Å². The number of hydrogen-bond donors (Lipinski definition) is 2. The third-order valence-corrected chi connectivity index (χ3v) is 2.79. The third-order valence-electron chi connectivity index (χ3n) is 1.77. The molecule has 6 nitrogen and oxygen atoms in total. The van der Waals surface area contributed by atoms with Gasteiger partial charge in [-0.2, -0.15) is 0 Å². The van der Waals surface area contributed by atoms with Gasteiger partial charge in [-0.25, -0.2) is 0 Å². The molecule has 0 aliphatic heterocycles. The summed E-state index contributed by atoms with van der Waals surface area (Å²) in [6, 6.07) is 0. The zero-order chi connectivity index (χ0) is 10.6. The number of nitrogens with zero attached hydrogens (tertiary/aromatic N) is 4. The molecule has 0 aliphatic rings. The highest BCUT2D eigenvalue weighted by Crippen LogP contribution is 2.15. The van der Waals surface area contributed by atoms with E-state index in [0.29, 0.717) is 6.42 Å². The smallest absolute Gasteiger partial charge is 0.190 e. The molecule has 78 valence electrons. The minimum atomic E-state index is 0.233. The van der Waals surface area contributed by atoms with Gasteiger partial charge in [-0.15, -0.1) is 10.2 Å². The van der Waals surface area contributed by atoms with E-state index in [0.717, 1.165) is 16.7 Å². The monoisotopic (exact) mass is 215 g/mol. The molecule has 0 atom stereocenters. The number of hydrogen-bond acceptors (Lipinski definition) is 5. The summed E-state index contributed by atoms with van der Waals surface area (Å²) in [5.74, 6) is 1.83. The zero-order valence-corrected chi connectivity index (χ0v) is 8.95. The first-order valence-corrected chi connectivity index (χ1v) is 5.09. The molecule has 0 unspecified atom stereocenters. The van der Waals surface area contributed by atoms with Gasteiger partial charge in [0.2, 0.25) is 0 Å². The number of amidine groups is 1. The second kappa shape index (κ2) is 4.85. The SMILES string of the molecule is Cc1nnc(SCCC(N)=NO)n1C. The van der Waals surface area contributed by atoms with Crippen LogP contribution in [0.15, 0.2) is 10.3 Å². The standard InChI is InChI=1S/C7H13N5OS/c1-5-9-10-7(12(5)2)14-4-3-6(8)11-13/h13H,3-4H2,1-2H3,(H2,8,11). The maximum Gasteiger partial charge on any atom is 0.190 e. The highest BCUT2D eigenvalue weighted by molar-refractivity contribution is 7.99. The van der Waals surface area contributed by atoms with Gasteiger partial charge in [-0.3, -0.25) is 0 Å². The normalized spacial score (nSPS) is 12.0. The van der Waals surface area contributed by atoms with E-state index in [1.807, 2.05) is 18.5 Å². The van der Waals surface area contributed by atoms with Gasteiger partial charge in [-0.1, -0.05) is 16.9 Å². The summed E-state index contributed by atoms with van der Waals surface area (Å²) >= 11 is 1.53. The first-order valence-electron chi connectivity index (χ1n) is 4.10. The van der Waals surface area contributed by atoms with Crippen molar-refractivity contribution in [1.29, 1.82) is 0 Å². The Morgan fingerprint density at radius 3 is 2.86 bits per heavy atom. The number of aromatic nitrogens is 3. The first kappa shape index (κ1) is 10.8. The topological polar surface area (TPSA) is 89.3 Å². The van der Waals surface area contributed by atoms with E-state index in [2.05, 4.69) is 15.4 Å². The van der Waals surface area contributed by atoms with Crippen molar-refractivity contribution in [3.8, 4) is 0 Å². The van der Waals surface area contributed by atoms with E-state index in [-0.39, 0.29) is 5.84 Å². The van der Waals surface area contributed by atoms with Gasteiger partial charge in [0.1, 0.15) is 11.7 Å². The van der Waals surface area contributed by atoms with Crippen LogP contribution in [-0.2, 0) is 7.05 Å². The van der Waals surface area contributed by atoms with Crippen LogP contribution >= 0.6 is 11.8 Å². The highest BCUT2D eigenvalue weighted by atomic mass is 32.2. The lowest BCUT2D eigenvalue weighted by atomic mass is 10.5. The molecule has 0 bridgehead atoms. The Morgan fingerprint density at radius 1 is 1.64 bits per heavy atom. The zero-order valence-electron chi connectivity index (χ0n) is 8.14. The van der Waals surface area contributed by atoms with Crippen molar-refractivity contribution in [2.24, 2.45) is 17.9 Å². The molecular formula is C7H13N5OS. The van der Waals surface area contributed by atoms with E-state index in [1.165, 1.54) is 11.8 Å². The van der Waals surface area contributed by atoms with E-state index < -0.39 is 0 Å². The molecule has 0 aromatic carbocycles. The van der Waals surface area contributed by atoms with Crippen molar-refractivity contribution in [3.05, 3.63) is 5.82 Å². The van der Waals surface area contributed by atoms with Gasteiger partial charge in [0, 0.05) is 19.2 Å². The van der Waals surface area contributed by atoms with Crippen LogP contribution in [0.2, 0.25) is 0 Å². The minimum Gasteiger partial charge on any atom is -0.409 e. The summed E-state index contributed by atoms with van der Waals surface area (Å²) in [4.78, 5) is 0. The molecule has 0 fully saturated rings. The Labute approximate surface area is 86.2 Å². The van der Waals surface area contributed by atoms with Crippen molar-refractivity contribution >= 4 is 17.6 Å². The van der Waals surface area contributed by atoms with Crippen molar-refractivity contribution in [2.45, 2.75) is 18.5 Å². The van der Waals surface area contributed by atoms with Gasteiger partial charge in [0.25, 0.3) is 0 Å². The lowest BCUT2D eigenvalue weighted by molar-refractivity contribution is 0.317. The summed E-state index contributed by atoms with van der Waals surface area (Å²) in [7, 11) is 1.90. The molecule has 0 radical (unpaired) electrons. The molecular weight excluding hydrogens is 202 g/mol. The predicted molar refractivity (Wildman–Crippen MR) is 54.5 cm³/mol. The molecule has 0 spiro atoms. The largest absolute Gasteiger partial charge is 0.409 e. The first-order chi connectivity index (χ1) is 6.65. The predicted octanol–water partition coefficient (Wildman–Crippen LogP) is 0.352. The minimum absolute atomic E-state index is 0.233. The lowest BCUT2D eigenvalue weighted by Gasteiger charge is -2.00. The van der Waals surface area contributed by atoms with Gasteiger partial charge in [-0.05, 0) is 6.92 Å². The number of rotatable bonds is 4. The summed E-state index contributed by atoms with van der Waals surface area (Å²) in [5.41, 5.74) is 5.32. The average molecular weight is 215 g/mol. The van der Waals surface area contributed by atoms with Gasteiger partial charge >= 0.3 is 0 Å². The number of thioether (sulfide) groups is 1. The van der Waals surface area contributed by atoms with Crippen LogP contribution in [0.5, 0.6) is 0 Å². The fourth-order valence-corrected chi connectivity index (χ4v) is 1.73. The fraction of sp³-hybridized carbons (Fsp3) is 0.571. The van der Waals surface area contributed by atoms with Crippen LogP contribution in [0.1, 0.15) is 12.2 Å². The Bertz CT molecular complexity index is 335. The van der Waals surface area contributed by atoms with Crippen LogP contribution in [0.25, 0.3) is 0 Å². The van der Waals surface area contributed by atoms with Crippen LogP contribution in [0.3, 0.4) is 0 Å². The highest BCUT2D eigenvalue weighted by Gasteiger charge is 2.05. The van der Waals surface area contributed by atoms with Gasteiger partial charge < -0.3 is 15.5 Å². The number of aryl methyl sites for hydroxylation is 1. The lowest BCUT2D eigenvalue weighted by Crippen LogP contribution is -2.12. The Kier molecular flexibility index (Phi) is 3.75. The Balaban J connectivity index is 2.43. The van der Waals surface area contributed by atoms with E-state index >= 15 is 0 Å². The van der Waals surface area contributed by atoms with E-state index in [9.17, 15) is 0 Å². The molecule has 0 aliphatic carbocycles. The van der Waals surface area contributed by atoms with Crippen molar-refractivity contribution in [2.75, 3.05) is 5.75 Å². The average Bonchev–Trinajstić information content (AvgIpc) is 2.49. The van der Waals surface area contributed by atoms with Crippen LogP contribution in [0, 0.1) is 6.92 Å². The molecule has 14 heavy (non-hydrogen) atoms. The molecule has 0 amide bonds. The summed E-state index contributed by atoms with van der Waals surface area (Å²) < 4.78 is 1.90. The summed E-state index contributed by atoms with van der Waals surface area (Å²) in [6.07, 6.45) is 0.535. The van der Waals surface area contributed by atoms with Crippen LogP contribution in [0.4, 0.5) is 0 Å². The maximum absolute atomic E-state index is 8.31. The molecule has 1 heterocycles. The second-order valence-corrected chi connectivity index (χ2v) is 3.84. The second-order valence-electron chi connectivity index (χ2n) is 2.78. The molecule has 1 aromatic heterocycles. The van der Waals surface area contributed by atoms with E-state index in [1.54, 1.807) is 0 Å². The molecule has 1 aromatic rings. The van der Waals surface area contributed by atoms with Crippen molar-refractivity contribution < 1.29 is 5.21 Å². The molecule has 7 heteroatoms. The summed E-state index contributed by atoms with van der Waals surface area (Å²) in [5, 5.41) is 19.9. The van der Waals surface area contributed by atoms with E-state index in [4.69, 9.17) is 10.9 Å². The quantitative estimate of drug-likeness (QED) is 0.249. The Morgan fingerprint density at radius 2 is 2.36 bits per heavy atom. The van der Waals surface area contributed by atoms with Crippen LogP contribution in [-0.4, -0.2) is 31.6 Å². The third kappa shape index (κ3) is 2.63. The molecule has 1 rings (SSSR count). The molecule has 0 saturated heterocycles. The number of oxime groups is 1. The Hall–Kier alpha value is -1.24. The molecule has 0 saturated carbocycles. The summed E-state index contributed by atoms with van der Waals surface area (Å²) in [6.45, 7) is 1.89. The molecule has 3 N–H and O–H groups in total. The number of nitrogens with two attached hydrogens (primary N) is 1. The maximum atomic E-state index is 8.31. The fourth-order valence-electron chi connectivity index (χ4n) is 0.810. The van der Waals surface area contributed by atoms with Gasteiger partial charge in [0.05, 0.1) is 0 Å². The van der Waals surface area contributed by atoms with Crippen molar-refractivity contribution in [1.82, 2.24) is 14.8 Å². The van der Waals surface area contributed by atoms with Crippen LogP contribution < -0.4 is 5.73 Å². The van der Waals surface area contributed by atoms with Crippen molar-refractivity contribution in [3.63, 3.8) is 0 Å².